The van der Waals surface area contributed by atoms with Gasteiger partial charge in [-0.2, -0.15) is 18.3 Å². The van der Waals surface area contributed by atoms with Gasteiger partial charge < -0.3 is 9.80 Å². The molecule has 12 heteroatoms. The number of anilines is 2. The summed E-state index contributed by atoms with van der Waals surface area (Å²) in [6.07, 6.45) is -4.51. The van der Waals surface area contributed by atoms with Gasteiger partial charge in [-0.3, -0.25) is 4.68 Å². The Labute approximate surface area is 186 Å². The number of aryl methyl sites for hydroxylation is 2. The van der Waals surface area contributed by atoms with E-state index < -0.39 is 24.8 Å². The molecule has 2 aliphatic rings. The first kappa shape index (κ1) is 21.8. The molecule has 0 saturated carbocycles. The van der Waals surface area contributed by atoms with E-state index in [-0.39, 0.29) is 17.1 Å². The fraction of sp³-hybridized carbons (Fsp3) is 0.524. The summed E-state index contributed by atoms with van der Waals surface area (Å²) in [4.78, 5) is 16.1. The normalized spacial score (nSPS) is 18.1. The largest absolute Gasteiger partial charge is 0.433 e. The highest BCUT2D eigenvalue weighted by molar-refractivity contribution is 5.83. The molecular formula is C21H22F5N7. The first-order valence-electron chi connectivity index (χ1n) is 10.6. The van der Waals surface area contributed by atoms with Gasteiger partial charge in [-0.1, -0.05) is 0 Å². The monoisotopic (exact) mass is 467 g/mol. The van der Waals surface area contributed by atoms with Crippen LogP contribution in [0.5, 0.6) is 0 Å². The van der Waals surface area contributed by atoms with E-state index in [9.17, 15) is 22.0 Å². The van der Waals surface area contributed by atoms with Crippen LogP contribution in [0.2, 0.25) is 0 Å². The van der Waals surface area contributed by atoms with Crippen molar-refractivity contribution in [2.75, 3.05) is 36.0 Å². The quantitative estimate of drug-likeness (QED) is 0.544. The topological polar surface area (TPSA) is 63.0 Å². The lowest BCUT2D eigenvalue weighted by molar-refractivity contribution is -0.141. The molecule has 0 bridgehead atoms. The van der Waals surface area contributed by atoms with Crippen LogP contribution < -0.4 is 9.80 Å². The van der Waals surface area contributed by atoms with E-state index in [4.69, 9.17) is 0 Å². The van der Waals surface area contributed by atoms with Crippen molar-refractivity contribution in [3.05, 3.63) is 35.5 Å². The molecule has 0 radical (unpaired) electrons. The van der Waals surface area contributed by atoms with Crippen LogP contribution in [0.25, 0.3) is 10.9 Å². The maximum absolute atomic E-state index is 13.1. The van der Waals surface area contributed by atoms with Crippen molar-refractivity contribution in [3.63, 3.8) is 0 Å². The maximum Gasteiger partial charge on any atom is 0.433 e. The second kappa shape index (κ2) is 7.49. The lowest BCUT2D eigenvalue weighted by Gasteiger charge is -2.48. The van der Waals surface area contributed by atoms with Crippen LogP contribution in [0.15, 0.2) is 18.3 Å². The summed E-state index contributed by atoms with van der Waals surface area (Å²) in [5.74, 6) is 1.05. The molecule has 0 unspecified atom stereocenters. The highest BCUT2D eigenvalue weighted by Crippen LogP contribution is 2.43. The fourth-order valence-corrected chi connectivity index (χ4v) is 4.83. The minimum atomic E-state index is -4.52. The van der Waals surface area contributed by atoms with Gasteiger partial charge in [0, 0.05) is 55.3 Å². The third-order valence-electron chi connectivity index (χ3n) is 6.37. The lowest BCUT2D eigenvalue weighted by atomic mass is 9.79. The summed E-state index contributed by atoms with van der Waals surface area (Å²) in [6, 6.07) is 2.78. The van der Waals surface area contributed by atoms with Crippen molar-refractivity contribution in [2.24, 2.45) is 5.41 Å². The molecule has 0 aliphatic carbocycles. The molecule has 176 valence electrons. The summed E-state index contributed by atoms with van der Waals surface area (Å²) in [6.45, 7) is 5.31. The zero-order valence-corrected chi connectivity index (χ0v) is 18.1. The second-order valence-electron chi connectivity index (χ2n) is 8.90. The first-order chi connectivity index (χ1) is 15.5. The molecule has 2 fully saturated rings. The number of rotatable bonds is 4. The van der Waals surface area contributed by atoms with Crippen LogP contribution in [0.3, 0.4) is 0 Å². The molecule has 5 heterocycles. The van der Waals surface area contributed by atoms with Crippen LogP contribution in [0, 0.1) is 19.3 Å². The molecule has 1 spiro atoms. The molecule has 33 heavy (non-hydrogen) atoms. The number of aromatic nitrogens is 5. The zero-order valence-electron chi connectivity index (χ0n) is 18.1. The summed E-state index contributed by atoms with van der Waals surface area (Å²) in [5, 5.41) is 4.95. The van der Waals surface area contributed by atoms with E-state index in [1.54, 1.807) is 19.2 Å². The van der Waals surface area contributed by atoms with Crippen molar-refractivity contribution in [1.29, 1.82) is 0 Å². The second-order valence-corrected chi connectivity index (χ2v) is 8.90. The number of fused-ring (bicyclic) bond motifs is 1. The maximum atomic E-state index is 13.1. The SMILES string of the molecule is Cc1nc(N2CC3(CCN(c4cc5c(cn4)c(C)nn5CC(F)F)C3)C2)cc(C(F)(F)F)n1. The molecule has 2 saturated heterocycles. The lowest BCUT2D eigenvalue weighted by Crippen LogP contribution is -2.58. The summed E-state index contributed by atoms with van der Waals surface area (Å²) < 4.78 is 66.5. The summed E-state index contributed by atoms with van der Waals surface area (Å²) in [7, 11) is 0. The number of hydrogen-bond acceptors (Lipinski definition) is 6. The Balaban J connectivity index is 1.32. The van der Waals surface area contributed by atoms with Crippen LogP contribution in [0.1, 0.15) is 23.6 Å². The number of halogens is 5. The Bertz CT molecular complexity index is 1200. The Morgan fingerprint density at radius 2 is 1.76 bits per heavy atom. The Hall–Kier alpha value is -3.05. The number of nitrogens with zero attached hydrogens (tertiary/aromatic N) is 7. The zero-order chi connectivity index (χ0) is 23.5. The van der Waals surface area contributed by atoms with E-state index in [2.05, 4.69) is 25.0 Å². The minimum absolute atomic E-state index is 0.0764. The molecule has 7 nitrogen and oxygen atoms in total. The smallest absolute Gasteiger partial charge is 0.356 e. The van der Waals surface area contributed by atoms with E-state index in [0.29, 0.717) is 36.7 Å². The average Bonchev–Trinajstić information content (AvgIpc) is 3.28. The first-order valence-corrected chi connectivity index (χ1v) is 10.6. The molecular weight excluding hydrogens is 445 g/mol. The number of hydrogen-bond donors (Lipinski definition) is 0. The van der Waals surface area contributed by atoms with Gasteiger partial charge >= 0.3 is 6.18 Å². The van der Waals surface area contributed by atoms with Gasteiger partial charge in [0.15, 0.2) is 0 Å². The van der Waals surface area contributed by atoms with Crippen molar-refractivity contribution in [1.82, 2.24) is 24.7 Å². The third kappa shape index (κ3) is 3.95. The van der Waals surface area contributed by atoms with Crippen molar-refractivity contribution >= 4 is 22.5 Å². The predicted molar refractivity (Wildman–Crippen MR) is 112 cm³/mol. The average molecular weight is 467 g/mol. The van der Waals surface area contributed by atoms with Crippen LogP contribution in [-0.2, 0) is 12.7 Å². The van der Waals surface area contributed by atoms with Crippen molar-refractivity contribution < 1.29 is 22.0 Å². The molecule has 0 amide bonds. The molecule has 0 atom stereocenters. The standard InChI is InChI=1S/C21H22F5N7/c1-12-14-7-27-18(5-15(14)33(30-12)8-17(22)23)31-4-3-20(9-31)10-32(11-20)19-6-16(21(24,25)26)28-13(2)29-19/h5-7,17H,3-4,8-11H2,1-2H3. The van der Waals surface area contributed by atoms with E-state index in [0.717, 1.165) is 24.4 Å². The highest BCUT2D eigenvalue weighted by atomic mass is 19.4. The minimum Gasteiger partial charge on any atom is -0.356 e. The van der Waals surface area contributed by atoms with Gasteiger partial charge in [0.25, 0.3) is 6.43 Å². The van der Waals surface area contributed by atoms with E-state index >= 15 is 0 Å². The highest BCUT2D eigenvalue weighted by Gasteiger charge is 2.49. The van der Waals surface area contributed by atoms with Gasteiger partial charge in [0.05, 0.1) is 11.2 Å². The molecule has 3 aromatic rings. The van der Waals surface area contributed by atoms with Crippen LogP contribution >= 0.6 is 0 Å². The molecule has 5 rings (SSSR count). The predicted octanol–water partition coefficient (Wildman–Crippen LogP) is 3.84. The summed E-state index contributed by atoms with van der Waals surface area (Å²) in [5.41, 5.74) is 0.250. The van der Waals surface area contributed by atoms with Crippen LogP contribution in [-0.4, -0.2) is 57.3 Å². The van der Waals surface area contributed by atoms with Crippen molar-refractivity contribution in [3.8, 4) is 0 Å². The molecule has 0 N–H and O–H groups in total. The molecule has 0 aromatic carbocycles. The Kier molecular flexibility index (Phi) is 4.94. The summed E-state index contributed by atoms with van der Waals surface area (Å²) >= 11 is 0. The van der Waals surface area contributed by atoms with Gasteiger partial charge in [0.2, 0.25) is 0 Å². The molecule has 2 aliphatic heterocycles. The number of pyridine rings is 1. The van der Waals surface area contributed by atoms with E-state index in [1.807, 2.05) is 4.90 Å². The van der Waals surface area contributed by atoms with E-state index in [1.165, 1.54) is 11.6 Å². The van der Waals surface area contributed by atoms with Crippen molar-refractivity contribution in [2.45, 2.75) is 39.4 Å². The van der Waals surface area contributed by atoms with Gasteiger partial charge in [-0.05, 0) is 20.3 Å². The molecule has 3 aromatic heterocycles. The Morgan fingerprint density at radius 3 is 2.45 bits per heavy atom. The number of alkyl halides is 5. The van der Waals surface area contributed by atoms with Gasteiger partial charge in [-0.15, -0.1) is 0 Å². The third-order valence-corrected chi connectivity index (χ3v) is 6.37. The van der Waals surface area contributed by atoms with Crippen LogP contribution in [0.4, 0.5) is 33.6 Å². The van der Waals surface area contributed by atoms with Gasteiger partial charge in [-0.25, -0.2) is 23.7 Å². The van der Waals surface area contributed by atoms with Gasteiger partial charge in [0.1, 0.15) is 29.7 Å². The Morgan fingerprint density at radius 1 is 1.03 bits per heavy atom. The fourth-order valence-electron chi connectivity index (χ4n) is 4.83.